The summed E-state index contributed by atoms with van der Waals surface area (Å²) >= 11 is 0. The minimum atomic E-state index is -0.576. The highest BCUT2D eigenvalue weighted by Crippen LogP contribution is 2.23. The summed E-state index contributed by atoms with van der Waals surface area (Å²) in [6.45, 7) is -0.136. The van der Waals surface area contributed by atoms with Crippen LogP contribution in [0.1, 0.15) is 16.1 Å². The fourth-order valence-electron chi connectivity index (χ4n) is 2.57. The van der Waals surface area contributed by atoms with Gasteiger partial charge in [-0.15, -0.1) is 0 Å². The van der Waals surface area contributed by atoms with Gasteiger partial charge in [-0.1, -0.05) is 35.5 Å². The largest absolute Gasteiger partial charge is 0.454 e. The van der Waals surface area contributed by atoms with Gasteiger partial charge in [0.15, 0.2) is 12.4 Å². The van der Waals surface area contributed by atoms with E-state index in [9.17, 15) is 9.18 Å². The van der Waals surface area contributed by atoms with Gasteiger partial charge in [-0.2, -0.15) is 0 Å². The van der Waals surface area contributed by atoms with Crippen molar-refractivity contribution in [3.8, 4) is 22.9 Å². The molecular formula is C22H15FN2O4. The molecule has 144 valence electrons. The molecule has 0 unspecified atom stereocenters. The second kappa shape index (κ2) is 8.35. The molecule has 4 aromatic rings. The monoisotopic (exact) mass is 390 g/mol. The van der Waals surface area contributed by atoms with E-state index in [1.165, 1.54) is 18.3 Å². The van der Waals surface area contributed by atoms with Crippen LogP contribution in [0.25, 0.3) is 11.3 Å². The molecule has 0 fully saturated rings. The summed E-state index contributed by atoms with van der Waals surface area (Å²) in [6.07, 6.45) is 1.37. The van der Waals surface area contributed by atoms with Crippen LogP contribution in [0.15, 0.2) is 83.5 Å². The fraction of sp³-hybridized carbons (Fsp3) is 0.0455. The van der Waals surface area contributed by atoms with Crippen molar-refractivity contribution >= 4 is 5.97 Å². The lowest BCUT2D eigenvalue weighted by atomic mass is 10.1. The molecule has 0 bridgehead atoms. The van der Waals surface area contributed by atoms with Gasteiger partial charge in [-0.25, -0.2) is 14.2 Å². The fourth-order valence-corrected chi connectivity index (χ4v) is 2.57. The molecule has 6 nitrogen and oxygen atoms in total. The van der Waals surface area contributed by atoms with Crippen molar-refractivity contribution in [1.29, 1.82) is 0 Å². The summed E-state index contributed by atoms with van der Waals surface area (Å²) in [4.78, 5) is 16.3. The molecule has 0 aliphatic rings. The number of hydrogen-bond donors (Lipinski definition) is 0. The molecule has 0 atom stereocenters. The van der Waals surface area contributed by atoms with Crippen LogP contribution >= 0.6 is 0 Å². The van der Waals surface area contributed by atoms with Gasteiger partial charge in [0.1, 0.15) is 17.3 Å². The molecule has 0 aliphatic carbocycles. The Labute approximate surface area is 165 Å². The van der Waals surface area contributed by atoms with Crippen molar-refractivity contribution in [2.75, 3.05) is 0 Å². The highest BCUT2D eigenvalue weighted by atomic mass is 19.1. The van der Waals surface area contributed by atoms with Crippen molar-refractivity contribution < 1.29 is 23.2 Å². The molecule has 2 aromatic carbocycles. The van der Waals surface area contributed by atoms with Gasteiger partial charge in [0.25, 0.3) is 0 Å². The summed E-state index contributed by atoms with van der Waals surface area (Å²) in [6, 6.07) is 20.1. The molecule has 0 saturated carbocycles. The minimum absolute atomic E-state index is 0.136. The number of ether oxygens (including phenoxy) is 2. The Balaban J connectivity index is 1.36. The Morgan fingerprint density at radius 1 is 1.00 bits per heavy atom. The second-order valence-electron chi connectivity index (χ2n) is 6.03. The molecule has 2 heterocycles. The Kier molecular flexibility index (Phi) is 5.29. The lowest BCUT2D eigenvalue weighted by Gasteiger charge is -2.05. The van der Waals surface area contributed by atoms with Gasteiger partial charge in [0, 0.05) is 23.9 Å². The van der Waals surface area contributed by atoms with Crippen LogP contribution in [-0.4, -0.2) is 16.1 Å². The van der Waals surface area contributed by atoms with E-state index in [0.29, 0.717) is 28.6 Å². The summed E-state index contributed by atoms with van der Waals surface area (Å²) in [5.41, 5.74) is 0.907. The van der Waals surface area contributed by atoms with E-state index in [2.05, 4.69) is 10.1 Å². The SMILES string of the molecule is O=C(OCc1cc(-c2ccccc2F)no1)c1ccc(Oc2ccccc2)nc1. The van der Waals surface area contributed by atoms with Gasteiger partial charge < -0.3 is 14.0 Å². The van der Waals surface area contributed by atoms with Crippen LogP contribution in [0.4, 0.5) is 4.39 Å². The first-order chi connectivity index (χ1) is 14.2. The summed E-state index contributed by atoms with van der Waals surface area (Å²) in [5, 5.41) is 3.81. The van der Waals surface area contributed by atoms with Crippen LogP contribution in [0.5, 0.6) is 11.6 Å². The van der Waals surface area contributed by atoms with Crippen LogP contribution in [0.3, 0.4) is 0 Å². The Bertz CT molecular complexity index is 1110. The Hall–Kier alpha value is -4.00. The smallest absolute Gasteiger partial charge is 0.340 e. The van der Waals surface area contributed by atoms with Crippen LogP contribution in [-0.2, 0) is 11.3 Å². The van der Waals surface area contributed by atoms with Gasteiger partial charge in [0.2, 0.25) is 5.88 Å². The van der Waals surface area contributed by atoms with Gasteiger partial charge >= 0.3 is 5.97 Å². The normalized spacial score (nSPS) is 10.5. The molecule has 0 saturated heterocycles. The predicted molar refractivity (Wildman–Crippen MR) is 102 cm³/mol. The maximum atomic E-state index is 13.8. The number of halogens is 1. The van der Waals surface area contributed by atoms with E-state index < -0.39 is 11.8 Å². The third-order valence-electron chi connectivity index (χ3n) is 3.99. The highest BCUT2D eigenvalue weighted by Gasteiger charge is 2.13. The molecule has 0 radical (unpaired) electrons. The zero-order valence-electron chi connectivity index (χ0n) is 15.1. The van der Waals surface area contributed by atoms with Crippen molar-refractivity contribution in [1.82, 2.24) is 10.1 Å². The van der Waals surface area contributed by atoms with E-state index >= 15 is 0 Å². The Morgan fingerprint density at radius 2 is 1.79 bits per heavy atom. The average molecular weight is 390 g/mol. The van der Waals surface area contributed by atoms with Crippen LogP contribution in [0.2, 0.25) is 0 Å². The first-order valence-corrected chi connectivity index (χ1v) is 8.75. The van der Waals surface area contributed by atoms with Gasteiger partial charge in [0.05, 0.1) is 5.56 Å². The number of rotatable bonds is 6. The van der Waals surface area contributed by atoms with Crippen LogP contribution < -0.4 is 4.74 Å². The topological polar surface area (TPSA) is 74.5 Å². The molecule has 29 heavy (non-hydrogen) atoms. The average Bonchev–Trinajstić information content (AvgIpc) is 3.22. The maximum absolute atomic E-state index is 13.8. The van der Waals surface area contributed by atoms with E-state index in [4.69, 9.17) is 14.0 Å². The molecule has 0 spiro atoms. The van der Waals surface area contributed by atoms with E-state index in [1.807, 2.05) is 18.2 Å². The number of hydrogen-bond acceptors (Lipinski definition) is 6. The quantitative estimate of drug-likeness (QED) is 0.430. The number of aromatic nitrogens is 2. The maximum Gasteiger partial charge on any atom is 0.340 e. The number of nitrogens with zero attached hydrogens (tertiary/aromatic N) is 2. The van der Waals surface area contributed by atoms with Gasteiger partial charge in [-0.3, -0.25) is 0 Å². The highest BCUT2D eigenvalue weighted by molar-refractivity contribution is 5.89. The molecule has 7 heteroatoms. The first-order valence-electron chi connectivity index (χ1n) is 8.75. The number of carbonyl (C=O) groups is 1. The molecule has 4 rings (SSSR count). The molecular weight excluding hydrogens is 375 g/mol. The summed E-state index contributed by atoms with van der Waals surface area (Å²) < 4.78 is 29.7. The molecule has 2 aromatic heterocycles. The summed E-state index contributed by atoms with van der Waals surface area (Å²) in [5.74, 6) is 0.318. The lowest BCUT2D eigenvalue weighted by Crippen LogP contribution is -2.05. The molecule has 0 N–H and O–H groups in total. The number of benzene rings is 2. The number of pyridine rings is 1. The van der Waals surface area contributed by atoms with Crippen LogP contribution in [0, 0.1) is 5.82 Å². The molecule has 0 amide bonds. The minimum Gasteiger partial charge on any atom is -0.454 e. The third-order valence-corrected chi connectivity index (χ3v) is 3.99. The first kappa shape index (κ1) is 18.4. The standard InChI is InChI=1S/C22H15FN2O4/c23-19-9-5-4-8-18(19)20-12-17(29-25-20)14-27-22(26)15-10-11-21(24-13-15)28-16-6-2-1-3-7-16/h1-13H,14H2. The predicted octanol–water partition coefficient (Wildman–Crippen LogP) is 5.03. The Morgan fingerprint density at radius 3 is 2.55 bits per heavy atom. The van der Waals surface area contributed by atoms with Crippen molar-refractivity contribution in [3.63, 3.8) is 0 Å². The lowest BCUT2D eigenvalue weighted by molar-refractivity contribution is 0.0437. The van der Waals surface area contributed by atoms with E-state index in [1.54, 1.807) is 42.5 Å². The van der Waals surface area contributed by atoms with E-state index in [-0.39, 0.29) is 12.2 Å². The summed E-state index contributed by atoms with van der Waals surface area (Å²) in [7, 11) is 0. The molecule has 0 aliphatic heterocycles. The number of para-hydroxylation sites is 1. The zero-order chi connectivity index (χ0) is 20.1. The van der Waals surface area contributed by atoms with Crippen molar-refractivity contribution in [3.05, 3.63) is 96.1 Å². The van der Waals surface area contributed by atoms with Crippen molar-refractivity contribution in [2.24, 2.45) is 0 Å². The third kappa shape index (κ3) is 4.47. The number of esters is 1. The van der Waals surface area contributed by atoms with Gasteiger partial charge in [-0.05, 0) is 30.3 Å². The zero-order valence-corrected chi connectivity index (χ0v) is 15.1. The van der Waals surface area contributed by atoms with Crippen molar-refractivity contribution in [2.45, 2.75) is 6.61 Å². The van der Waals surface area contributed by atoms with E-state index in [0.717, 1.165) is 0 Å². The number of carbonyl (C=O) groups excluding carboxylic acids is 1. The second-order valence-corrected chi connectivity index (χ2v) is 6.03.